The SMILES string of the molecule is Cn1c(-c2cc3ccnc(OCC4CNC(=O)C4)c3n2CC2CC2)nc2cc3c(nc21)CCN(CC(CF)NC(=O)O)C3=O. The highest BCUT2D eigenvalue weighted by atomic mass is 19.1. The first kappa shape index (κ1) is 28.0. The van der Waals surface area contributed by atoms with Gasteiger partial charge in [0.25, 0.3) is 5.91 Å². The van der Waals surface area contributed by atoms with Crippen molar-refractivity contribution in [3.63, 3.8) is 0 Å². The first-order valence-electron chi connectivity index (χ1n) is 14.9. The van der Waals surface area contributed by atoms with E-state index in [1.165, 1.54) is 4.90 Å². The second-order valence-electron chi connectivity index (χ2n) is 11.9. The molecular weight excluding hydrogens is 571 g/mol. The van der Waals surface area contributed by atoms with Crippen molar-refractivity contribution in [2.45, 2.75) is 38.3 Å². The first-order chi connectivity index (χ1) is 21.3. The number of amides is 3. The molecule has 3 amide bonds. The van der Waals surface area contributed by atoms with E-state index in [1.807, 2.05) is 17.7 Å². The summed E-state index contributed by atoms with van der Waals surface area (Å²) in [5.74, 6) is 1.56. The van der Waals surface area contributed by atoms with Crippen molar-refractivity contribution < 1.29 is 28.6 Å². The Labute approximate surface area is 251 Å². The lowest BCUT2D eigenvalue weighted by molar-refractivity contribution is -0.119. The van der Waals surface area contributed by atoms with Gasteiger partial charge in [-0.3, -0.25) is 9.59 Å². The summed E-state index contributed by atoms with van der Waals surface area (Å²) >= 11 is 0. The summed E-state index contributed by atoms with van der Waals surface area (Å²) in [5, 5.41) is 14.9. The van der Waals surface area contributed by atoms with E-state index in [2.05, 4.69) is 26.3 Å². The lowest BCUT2D eigenvalue weighted by Crippen LogP contribution is -2.48. The lowest BCUT2D eigenvalue weighted by Gasteiger charge is -2.30. The van der Waals surface area contributed by atoms with Crippen LogP contribution in [-0.4, -0.2) is 91.0 Å². The fourth-order valence-corrected chi connectivity index (χ4v) is 6.21. The summed E-state index contributed by atoms with van der Waals surface area (Å²) in [4.78, 5) is 51.9. The van der Waals surface area contributed by atoms with Gasteiger partial charge in [-0.25, -0.2) is 24.1 Å². The molecule has 4 aromatic heterocycles. The molecule has 230 valence electrons. The average Bonchev–Trinajstić information content (AvgIpc) is 3.48. The smallest absolute Gasteiger partial charge is 0.405 e. The number of halogens is 1. The van der Waals surface area contributed by atoms with Gasteiger partial charge in [-0.05, 0) is 37.0 Å². The number of imidazole rings is 1. The van der Waals surface area contributed by atoms with Gasteiger partial charge in [-0.15, -0.1) is 0 Å². The molecule has 3 N–H and O–H groups in total. The van der Waals surface area contributed by atoms with Gasteiger partial charge in [-0.2, -0.15) is 0 Å². The van der Waals surface area contributed by atoms with Crippen LogP contribution in [0, 0.1) is 11.8 Å². The van der Waals surface area contributed by atoms with Crippen LogP contribution in [0.15, 0.2) is 24.4 Å². The number of hydrogen-bond donors (Lipinski definition) is 3. The monoisotopic (exact) mass is 604 g/mol. The highest BCUT2D eigenvalue weighted by Crippen LogP contribution is 2.38. The highest BCUT2D eigenvalue weighted by molar-refractivity contribution is 5.99. The third-order valence-electron chi connectivity index (χ3n) is 8.67. The number of carbonyl (C=O) groups excluding carboxylic acids is 2. The zero-order chi connectivity index (χ0) is 30.5. The molecule has 13 nitrogen and oxygen atoms in total. The molecule has 1 saturated carbocycles. The summed E-state index contributed by atoms with van der Waals surface area (Å²) in [7, 11) is 1.91. The summed E-state index contributed by atoms with van der Waals surface area (Å²) in [6, 6.07) is 4.75. The number of alkyl halides is 1. The molecule has 2 unspecified atom stereocenters. The van der Waals surface area contributed by atoms with Gasteiger partial charge in [0.05, 0.1) is 29.6 Å². The minimum atomic E-state index is -1.34. The number of aryl methyl sites for hydroxylation is 1. The average molecular weight is 605 g/mol. The summed E-state index contributed by atoms with van der Waals surface area (Å²) in [5.41, 5.74) is 3.99. The van der Waals surface area contributed by atoms with E-state index in [0.717, 1.165) is 36.0 Å². The number of hydrogen-bond acceptors (Lipinski definition) is 7. The van der Waals surface area contributed by atoms with Crippen molar-refractivity contribution in [3.05, 3.63) is 35.7 Å². The molecule has 44 heavy (non-hydrogen) atoms. The fourth-order valence-electron chi connectivity index (χ4n) is 6.21. The molecule has 1 aliphatic carbocycles. The molecule has 3 aliphatic rings. The first-order valence-corrected chi connectivity index (χ1v) is 14.9. The van der Waals surface area contributed by atoms with Crippen LogP contribution in [0.2, 0.25) is 0 Å². The normalized spacial score (nSPS) is 19.0. The van der Waals surface area contributed by atoms with Gasteiger partial charge >= 0.3 is 6.09 Å². The predicted octanol–water partition coefficient (Wildman–Crippen LogP) is 2.51. The number of aromatic nitrogens is 5. The molecule has 14 heteroatoms. The molecular formula is C30H33FN8O5. The van der Waals surface area contributed by atoms with Crippen molar-refractivity contribution in [2.75, 3.05) is 32.9 Å². The lowest BCUT2D eigenvalue weighted by atomic mass is 10.0. The van der Waals surface area contributed by atoms with Crippen molar-refractivity contribution in [3.8, 4) is 17.4 Å². The van der Waals surface area contributed by atoms with E-state index >= 15 is 0 Å². The zero-order valence-corrected chi connectivity index (χ0v) is 24.3. The molecule has 0 bridgehead atoms. The second-order valence-corrected chi connectivity index (χ2v) is 11.9. The van der Waals surface area contributed by atoms with Gasteiger partial charge in [0, 0.05) is 63.6 Å². The van der Waals surface area contributed by atoms with Crippen molar-refractivity contribution >= 4 is 40.0 Å². The van der Waals surface area contributed by atoms with Crippen molar-refractivity contribution in [1.29, 1.82) is 0 Å². The molecule has 6 heterocycles. The minimum Gasteiger partial charge on any atom is -0.476 e. The molecule has 0 radical (unpaired) electrons. The van der Waals surface area contributed by atoms with Crippen LogP contribution in [0.1, 0.15) is 35.3 Å². The maximum absolute atomic E-state index is 13.4. The zero-order valence-electron chi connectivity index (χ0n) is 24.3. The van der Waals surface area contributed by atoms with Crippen molar-refractivity contribution in [2.24, 2.45) is 18.9 Å². The maximum atomic E-state index is 13.4. The molecule has 7 rings (SSSR count). The Hall–Kier alpha value is -4.75. The highest BCUT2D eigenvalue weighted by Gasteiger charge is 2.31. The van der Waals surface area contributed by atoms with Gasteiger partial charge in [0.1, 0.15) is 17.7 Å². The van der Waals surface area contributed by atoms with Crippen LogP contribution < -0.4 is 15.4 Å². The van der Waals surface area contributed by atoms with Crippen LogP contribution in [0.25, 0.3) is 33.6 Å². The molecule has 0 spiro atoms. The third-order valence-corrected chi connectivity index (χ3v) is 8.67. The van der Waals surface area contributed by atoms with E-state index in [1.54, 1.807) is 12.3 Å². The van der Waals surface area contributed by atoms with Crippen LogP contribution in [0.4, 0.5) is 9.18 Å². The number of pyridine rings is 2. The summed E-state index contributed by atoms with van der Waals surface area (Å²) < 4.78 is 23.8. The topological polar surface area (TPSA) is 156 Å². The second kappa shape index (κ2) is 11.1. The molecule has 1 saturated heterocycles. The predicted molar refractivity (Wildman–Crippen MR) is 157 cm³/mol. The molecule has 2 aliphatic heterocycles. The van der Waals surface area contributed by atoms with Gasteiger partial charge < -0.3 is 34.5 Å². The van der Waals surface area contributed by atoms with Crippen LogP contribution in [-0.2, 0) is 24.8 Å². The largest absolute Gasteiger partial charge is 0.476 e. The Morgan fingerprint density at radius 3 is 2.82 bits per heavy atom. The van der Waals surface area contributed by atoms with Crippen LogP contribution in [0.5, 0.6) is 5.88 Å². The van der Waals surface area contributed by atoms with Crippen LogP contribution >= 0.6 is 0 Å². The third kappa shape index (κ3) is 5.18. The van der Waals surface area contributed by atoms with Gasteiger partial charge in [0.15, 0.2) is 11.5 Å². The fraction of sp³-hybridized carbons (Fsp3) is 0.467. The van der Waals surface area contributed by atoms with E-state index < -0.39 is 18.8 Å². The van der Waals surface area contributed by atoms with E-state index in [9.17, 15) is 18.8 Å². The number of carbonyl (C=O) groups is 3. The van der Waals surface area contributed by atoms with E-state index in [0.29, 0.717) is 72.6 Å². The van der Waals surface area contributed by atoms with Crippen LogP contribution in [0.3, 0.4) is 0 Å². The van der Waals surface area contributed by atoms with E-state index in [4.69, 9.17) is 19.8 Å². The van der Waals surface area contributed by atoms with Crippen molar-refractivity contribution in [1.82, 2.24) is 39.6 Å². The van der Waals surface area contributed by atoms with E-state index in [-0.39, 0.29) is 24.3 Å². The summed E-state index contributed by atoms with van der Waals surface area (Å²) in [6.07, 6.45) is 3.58. The Kier molecular flexibility index (Phi) is 7.05. The van der Waals surface area contributed by atoms with Gasteiger partial charge in [-0.1, -0.05) is 0 Å². The maximum Gasteiger partial charge on any atom is 0.405 e. The quantitative estimate of drug-likeness (QED) is 0.249. The Balaban J connectivity index is 1.24. The molecule has 2 atom stereocenters. The Morgan fingerprint density at radius 2 is 2.09 bits per heavy atom. The number of rotatable bonds is 10. The molecule has 0 aromatic carbocycles. The minimum absolute atomic E-state index is 0.0369. The number of ether oxygens (including phenoxy) is 1. The standard InChI is InChI=1S/C30H33FN8O5/c1-37-26-22(10-20-21(35-26)5-7-38(29(20)41)14-19(11-31)34-30(42)43)36-27(37)23-9-18-4-6-32-28(25(18)39(23)13-16-2-3-16)44-15-17-8-24(40)33-12-17/h4,6,9-10,16-17,19,34H,2-3,5,7-8,11-15H2,1H3,(H,33,40)(H,42,43). The Bertz CT molecular complexity index is 1800. The number of nitrogens with one attached hydrogen (secondary N) is 2. The molecule has 4 aromatic rings. The number of fused-ring (bicyclic) bond motifs is 3. The summed E-state index contributed by atoms with van der Waals surface area (Å²) in [6.45, 7) is 1.09. The van der Waals surface area contributed by atoms with Gasteiger partial charge in [0.2, 0.25) is 11.8 Å². The number of nitrogens with zero attached hydrogens (tertiary/aromatic N) is 6. The number of carboxylic acid groups (broad SMARTS) is 1. The Morgan fingerprint density at radius 1 is 1.25 bits per heavy atom. The molecule has 2 fully saturated rings.